The van der Waals surface area contributed by atoms with Crippen molar-refractivity contribution in [2.45, 2.75) is 12.9 Å². The summed E-state index contributed by atoms with van der Waals surface area (Å²) in [7, 11) is 0. The third-order valence-electron chi connectivity index (χ3n) is 2.44. The molecule has 2 aromatic carbocycles. The largest absolute Gasteiger partial charge is 0.462 e. The van der Waals surface area contributed by atoms with E-state index in [2.05, 4.69) is 0 Å². The molecule has 0 spiro atoms. The fourth-order valence-electron chi connectivity index (χ4n) is 1.54. The quantitative estimate of drug-likeness (QED) is 0.794. The maximum Gasteiger partial charge on any atom is 0.223 e. The molecule has 0 saturated heterocycles. The van der Waals surface area contributed by atoms with Crippen molar-refractivity contribution in [1.29, 1.82) is 0 Å². The van der Waals surface area contributed by atoms with Crippen LogP contribution in [-0.2, 0) is 11.3 Å². The molecular formula is C15H16O3. The molecule has 3 nitrogen and oxygen atoms in total. The summed E-state index contributed by atoms with van der Waals surface area (Å²) in [4.78, 5) is 0. The molecule has 0 aliphatic rings. The van der Waals surface area contributed by atoms with Gasteiger partial charge in [-0.15, -0.1) is 0 Å². The molecule has 0 fully saturated rings. The first-order valence-electron chi connectivity index (χ1n) is 5.86. The Hall–Kier alpha value is -1.84. The highest BCUT2D eigenvalue weighted by atomic mass is 16.7. The van der Waals surface area contributed by atoms with Crippen LogP contribution in [0.25, 0.3) is 0 Å². The van der Waals surface area contributed by atoms with E-state index in [1.807, 2.05) is 60.7 Å². The van der Waals surface area contributed by atoms with E-state index in [9.17, 15) is 5.11 Å². The van der Waals surface area contributed by atoms with Crippen LogP contribution in [0, 0.1) is 0 Å². The van der Waals surface area contributed by atoms with Crippen LogP contribution in [-0.4, -0.2) is 18.0 Å². The molecule has 2 rings (SSSR count). The van der Waals surface area contributed by atoms with Crippen LogP contribution < -0.4 is 4.74 Å². The Bertz CT molecular complexity index is 442. The zero-order chi connectivity index (χ0) is 12.6. The number of aliphatic hydroxyl groups excluding tert-OH is 1. The molecule has 0 radical (unpaired) electrons. The Kier molecular flexibility index (Phi) is 4.76. The highest BCUT2D eigenvalue weighted by molar-refractivity contribution is 5.21. The molecule has 0 amide bonds. The van der Waals surface area contributed by atoms with E-state index in [-0.39, 0.29) is 6.61 Å². The fourth-order valence-corrected chi connectivity index (χ4v) is 1.54. The number of hydrogen-bond acceptors (Lipinski definition) is 3. The average Bonchev–Trinajstić information content (AvgIpc) is 2.45. The maximum atomic E-state index is 9.22. The highest BCUT2D eigenvalue weighted by Crippen LogP contribution is 2.12. The van der Waals surface area contributed by atoms with Crippen molar-refractivity contribution in [1.82, 2.24) is 0 Å². The molecule has 0 heterocycles. The van der Waals surface area contributed by atoms with Crippen molar-refractivity contribution >= 4 is 0 Å². The van der Waals surface area contributed by atoms with Gasteiger partial charge in [0.15, 0.2) is 0 Å². The Balaban J connectivity index is 1.86. The normalized spacial score (nSPS) is 12.1. The summed E-state index contributed by atoms with van der Waals surface area (Å²) in [6.07, 6.45) is -0.646. The van der Waals surface area contributed by atoms with Gasteiger partial charge in [0.25, 0.3) is 0 Å². The second kappa shape index (κ2) is 6.79. The van der Waals surface area contributed by atoms with Crippen molar-refractivity contribution in [2.75, 3.05) is 6.61 Å². The number of aliphatic hydroxyl groups is 1. The first kappa shape index (κ1) is 12.6. The Morgan fingerprint density at radius 1 is 0.889 bits per heavy atom. The van der Waals surface area contributed by atoms with E-state index in [4.69, 9.17) is 9.47 Å². The topological polar surface area (TPSA) is 38.7 Å². The molecule has 94 valence electrons. The molecule has 2 aromatic rings. The fraction of sp³-hybridized carbons (Fsp3) is 0.200. The smallest absolute Gasteiger partial charge is 0.223 e. The van der Waals surface area contributed by atoms with Crippen molar-refractivity contribution in [3.8, 4) is 5.75 Å². The number of ether oxygens (including phenoxy) is 2. The number of para-hydroxylation sites is 1. The lowest BCUT2D eigenvalue weighted by atomic mass is 10.2. The van der Waals surface area contributed by atoms with E-state index >= 15 is 0 Å². The molecule has 0 aromatic heterocycles. The van der Waals surface area contributed by atoms with Gasteiger partial charge >= 0.3 is 0 Å². The lowest BCUT2D eigenvalue weighted by Crippen LogP contribution is -2.24. The van der Waals surface area contributed by atoms with E-state index in [1.165, 1.54) is 0 Å². The van der Waals surface area contributed by atoms with E-state index in [0.717, 1.165) is 5.56 Å². The molecule has 3 heteroatoms. The van der Waals surface area contributed by atoms with E-state index < -0.39 is 6.29 Å². The van der Waals surface area contributed by atoms with Gasteiger partial charge in [-0.1, -0.05) is 48.5 Å². The molecule has 0 aliphatic heterocycles. The molecule has 0 bridgehead atoms. The number of hydrogen-bond donors (Lipinski definition) is 1. The molecule has 1 unspecified atom stereocenters. The van der Waals surface area contributed by atoms with Crippen LogP contribution in [0.3, 0.4) is 0 Å². The molecule has 1 N–H and O–H groups in total. The van der Waals surface area contributed by atoms with Crippen LogP contribution in [0.2, 0.25) is 0 Å². The van der Waals surface area contributed by atoms with Gasteiger partial charge in [-0.2, -0.15) is 0 Å². The summed E-state index contributed by atoms with van der Waals surface area (Å²) in [5.41, 5.74) is 1.05. The average molecular weight is 244 g/mol. The second-order valence-corrected chi connectivity index (χ2v) is 3.84. The van der Waals surface area contributed by atoms with Crippen LogP contribution in [0.1, 0.15) is 5.56 Å². The zero-order valence-electron chi connectivity index (χ0n) is 10.0. The van der Waals surface area contributed by atoms with Gasteiger partial charge in [-0.05, 0) is 17.7 Å². The predicted molar refractivity (Wildman–Crippen MR) is 69.2 cm³/mol. The number of rotatable bonds is 6. The van der Waals surface area contributed by atoms with Gasteiger partial charge in [0, 0.05) is 0 Å². The Morgan fingerprint density at radius 2 is 1.50 bits per heavy atom. The summed E-state index contributed by atoms with van der Waals surface area (Å²) in [6.45, 7) is 0.237. The lowest BCUT2D eigenvalue weighted by molar-refractivity contribution is -0.115. The van der Waals surface area contributed by atoms with Crippen molar-refractivity contribution in [2.24, 2.45) is 0 Å². The first-order chi connectivity index (χ1) is 8.88. The van der Waals surface area contributed by atoms with Crippen molar-refractivity contribution in [3.05, 3.63) is 66.2 Å². The molecule has 0 aliphatic carbocycles. The van der Waals surface area contributed by atoms with Gasteiger partial charge in [0.05, 0.1) is 6.61 Å². The predicted octanol–water partition coefficient (Wildman–Crippen LogP) is 2.60. The van der Waals surface area contributed by atoms with Gasteiger partial charge < -0.3 is 14.6 Å². The maximum absolute atomic E-state index is 9.22. The van der Waals surface area contributed by atoms with Gasteiger partial charge in [0.2, 0.25) is 6.29 Å². The SMILES string of the molecule is OCC(OCc1ccccc1)Oc1ccccc1. The minimum atomic E-state index is -0.646. The van der Waals surface area contributed by atoms with Gasteiger partial charge in [-0.3, -0.25) is 0 Å². The molecule has 0 saturated carbocycles. The van der Waals surface area contributed by atoms with Gasteiger partial charge in [-0.25, -0.2) is 0 Å². The zero-order valence-corrected chi connectivity index (χ0v) is 10.0. The highest BCUT2D eigenvalue weighted by Gasteiger charge is 2.09. The summed E-state index contributed by atoms with van der Waals surface area (Å²) in [5.74, 6) is 0.685. The van der Waals surface area contributed by atoms with Crippen molar-refractivity contribution in [3.63, 3.8) is 0 Å². The summed E-state index contributed by atoms with van der Waals surface area (Å²) in [5, 5.41) is 9.22. The molecule has 1 atom stereocenters. The minimum Gasteiger partial charge on any atom is -0.462 e. The Labute approximate surface area is 107 Å². The summed E-state index contributed by atoms with van der Waals surface area (Å²) < 4.78 is 11.0. The van der Waals surface area contributed by atoms with Gasteiger partial charge in [0.1, 0.15) is 12.4 Å². The monoisotopic (exact) mass is 244 g/mol. The van der Waals surface area contributed by atoms with E-state index in [1.54, 1.807) is 0 Å². The first-order valence-corrected chi connectivity index (χ1v) is 5.86. The van der Waals surface area contributed by atoms with Crippen LogP contribution in [0.4, 0.5) is 0 Å². The minimum absolute atomic E-state index is 0.179. The third-order valence-corrected chi connectivity index (χ3v) is 2.44. The van der Waals surface area contributed by atoms with E-state index in [0.29, 0.717) is 12.4 Å². The lowest BCUT2D eigenvalue weighted by Gasteiger charge is -2.17. The van der Waals surface area contributed by atoms with Crippen LogP contribution in [0.5, 0.6) is 5.75 Å². The summed E-state index contributed by atoms with van der Waals surface area (Å²) in [6, 6.07) is 19.1. The van der Waals surface area contributed by atoms with Crippen LogP contribution >= 0.6 is 0 Å². The molecular weight excluding hydrogens is 228 g/mol. The number of benzene rings is 2. The summed E-state index contributed by atoms with van der Waals surface area (Å²) >= 11 is 0. The third kappa shape index (κ3) is 3.87. The van der Waals surface area contributed by atoms with Crippen molar-refractivity contribution < 1.29 is 14.6 Å². The Morgan fingerprint density at radius 3 is 2.11 bits per heavy atom. The molecule has 18 heavy (non-hydrogen) atoms. The second-order valence-electron chi connectivity index (χ2n) is 3.84. The standard InChI is InChI=1S/C15H16O3/c16-11-15(18-14-9-5-2-6-10-14)17-12-13-7-3-1-4-8-13/h1-10,15-16H,11-12H2. The van der Waals surface area contributed by atoms with Crippen LogP contribution in [0.15, 0.2) is 60.7 Å².